The molecule has 198 valence electrons. The summed E-state index contributed by atoms with van der Waals surface area (Å²) in [5, 5.41) is 3.37. The third kappa shape index (κ3) is 6.34. The van der Waals surface area contributed by atoms with Crippen molar-refractivity contribution in [1.82, 2.24) is 9.21 Å². The molecule has 0 radical (unpaired) electrons. The highest BCUT2D eigenvalue weighted by Crippen LogP contribution is 2.38. The van der Waals surface area contributed by atoms with Crippen molar-refractivity contribution in [2.75, 3.05) is 38.1 Å². The molecule has 1 aliphatic heterocycles. The molecule has 0 atom stereocenters. The fourth-order valence-corrected chi connectivity index (χ4v) is 7.12. The van der Waals surface area contributed by atoms with E-state index >= 15 is 0 Å². The van der Waals surface area contributed by atoms with Gasteiger partial charge < -0.3 is 10.1 Å². The normalized spacial score (nSPS) is 14.0. The van der Waals surface area contributed by atoms with Gasteiger partial charge in [-0.05, 0) is 62.6 Å². The first-order valence-corrected chi connectivity index (χ1v) is 15.0. The molecule has 10 heteroatoms. The van der Waals surface area contributed by atoms with Crippen molar-refractivity contribution in [2.45, 2.75) is 64.8 Å². The summed E-state index contributed by atoms with van der Waals surface area (Å²) in [5.74, 6) is -0.825. The molecule has 1 aromatic heterocycles. The number of anilines is 1. The zero-order chi connectivity index (χ0) is 26.3. The molecule has 3 rings (SSSR count). The molecular weight excluding hydrogens is 498 g/mol. The van der Waals surface area contributed by atoms with E-state index in [0.717, 1.165) is 55.8 Å². The number of carbonyl (C=O) groups is 2. The van der Waals surface area contributed by atoms with Crippen LogP contribution in [0.25, 0.3) is 0 Å². The Balaban J connectivity index is 1.83. The second-order valence-corrected chi connectivity index (χ2v) is 11.8. The predicted octanol–water partition coefficient (Wildman–Crippen LogP) is 4.76. The average molecular weight is 536 g/mol. The maximum absolute atomic E-state index is 13.1. The second kappa shape index (κ2) is 12.8. The van der Waals surface area contributed by atoms with Crippen molar-refractivity contribution in [3.05, 3.63) is 45.8 Å². The maximum Gasteiger partial charge on any atom is 0.341 e. The number of hydrogen-bond acceptors (Lipinski definition) is 7. The van der Waals surface area contributed by atoms with E-state index in [9.17, 15) is 18.0 Å². The van der Waals surface area contributed by atoms with E-state index in [-0.39, 0.29) is 11.5 Å². The highest BCUT2D eigenvalue weighted by Gasteiger charge is 2.30. The predicted molar refractivity (Wildman–Crippen MR) is 143 cm³/mol. The Kier molecular flexibility index (Phi) is 10.1. The summed E-state index contributed by atoms with van der Waals surface area (Å²) >= 11 is 1.41. The van der Waals surface area contributed by atoms with Crippen LogP contribution in [0.5, 0.6) is 0 Å². The minimum atomic E-state index is -3.62. The lowest BCUT2D eigenvalue weighted by molar-refractivity contribution is 0.0526. The Bertz CT molecular complexity index is 1160. The number of fused-ring (bicyclic) bond motifs is 1. The molecule has 36 heavy (non-hydrogen) atoms. The molecular formula is C26H37N3O5S2. The number of carbonyl (C=O) groups excluding carboxylic acids is 2. The molecule has 2 aromatic rings. The molecule has 0 aliphatic carbocycles. The van der Waals surface area contributed by atoms with Crippen molar-refractivity contribution in [1.29, 1.82) is 0 Å². The van der Waals surface area contributed by atoms with Gasteiger partial charge in [0.1, 0.15) is 5.00 Å². The fraction of sp³-hybridized carbons (Fsp3) is 0.538. The lowest BCUT2D eigenvalue weighted by Crippen LogP contribution is -2.31. The molecule has 0 fully saturated rings. The average Bonchev–Trinajstić information content (AvgIpc) is 3.21. The van der Waals surface area contributed by atoms with Crippen LogP contribution < -0.4 is 5.32 Å². The summed E-state index contributed by atoms with van der Waals surface area (Å²) < 4.78 is 32.7. The third-order valence-corrected chi connectivity index (χ3v) is 9.37. The number of thiophene rings is 1. The lowest BCUT2D eigenvalue weighted by atomic mass is 10.0. The topological polar surface area (TPSA) is 96.0 Å². The van der Waals surface area contributed by atoms with Crippen molar-refractivity contribution in [3.8, 4) is 0 Å². The number of nitrogens with zero attached hydrogens (tertiary/aromatic N) is 2. The Labute approximate surface area is 218 Å². The van der Waals surface area contributed by atoms with E-state index in [1.165, 1.54) is 39.9 Å². The number of rotatable bonds is 12. The zero-order valence-electron chi connectivity index (χ0n) is 21.6. The molecule has 1 aliphatic rings. The number of hydrogen-bond donors (Lipinski definition) is 1. The van der Waals surface area contributed by atoms with Gasteiger partial charge in [-0.15, -0.1) is 11.3 Å². The van der Waals surface area contributed by atoms with Gasteiger partial charge in [0.2, 0.25) is 10.0 Å². The van der Waals surface area contributed by atoms with Gasteiger partial charge >= 0.3 is 5.97 Å². The molecule has 0 bridgehead atoms. The molecule has 0 saturated heterocycles. The van der Waals surface area contributed by atoms with Crippen LogP contribution in [-0.4, -0.2) is 62.3 Å². The number of unbranched alkanes of at least 4 members (excludes halogenated alkanes) is 1. The van der Waals surface area contributed by atoms with E-state index < -0.39 is 21.9 Å². The molecule has 0 spiro atoms. The van der Waals surface area contributed by atoms with Crippen molar-refractivity contribution in [2.24, 2.45) is 0 Å². The SMILES string of the molecule is CCCCN(CC)S(=O)(=O)c1ccc(C(=O)Nc2sc3c(c2C(=O)OCC)CCN(CCC)C3)cc1. The van der Waals surface area contributed by atoms with Crippen LogP contribution in [-0.2, 0) is 27.7 Å². The first-order valence-electron chi connectivity index (χ1n) is 12.7. The Hall–Kier alpha value is -2.27. The minimum absolute atomic E-state index is 0.159. The maximum atomic E-state index is 13.1. The summed E-state index contributed by atoms with van der Waals surface area (Å²) in [4.78, 5) is 29.5. The highest BCUT2D eigenvalue weighted by atomic mass is 32.2. The van der Waals surface area contributed by atoms with Gasteiger partial charge in [-0.1, -0.05) is 27.2 Å². The van der Waals surface area contributed by atoms with E-state index in [2.05, 4.69) is 17.1 Å². The van der Waals surface area contributed by atoms with E-state index in [4.69, 9.17) is 4.74 Å². The first-order chi connectivity index (χ1) is 17.3. The molecule has 2 heterocycles. The van der Waals surface area contributed by atoms with Crippen LogP contribution in [0.1, 0.15) is 78.1 Å². The van der Waals surface area contributed by atoms with Crippen LogP contribution in [0.15, 0.2) is 29.2 Å². The Morgan fingerprint density at radius 3 is 2.44 bits per heavy atom. The molecule has 0 saturated carbocycles. The standard InChI is InChI=1S/C26H37N3O5S2/c1-5-9-16-29(7-3)36(32,33)20-12-10-19(11-13-20)24(30)27-25-23(26(31)34-8-4)21-14-17-28(15-6-2)18-22(21)35-25/h10-13H,5-9,14-18H2,1-4H3,(H,27,30). The number of esters is 1. The highest BCUT2D eigenvalue weighted by molar-refractivity contribution is 7.89. The third-order valence-electron chi connectivity index (χ3n) is 6.25. The Morgan fingerprint density at radius 2 is 1.83 bits per heavy atom. The number of amides is 1. The van der Waals surface area contributed by atoms with Crippen molar-refractivity contribution < 1.29 is 22.7 Å². The van der Waals surface area contributed by atoms with Gasteiger partial charge in [-0.25, -0.2) is 13.2 Å². The summed E-state index contributed by atoms with van der Waals surface area (Å²) in [6.07, 6.45) is 3.47. The lowest BCUT2D eigenvalue weighted by Gasteiger charge is -2.26. The second-order valence-electron chi connectivity index (χ2n) is 8.78. The molecule has 8 nitrogen and oxygen atoms in total. The minimum Gasteiger partial charge on any atom is -0.462 e. The zero-order valence-corrected chi connectivity index (χ0v) is 23.3. The summed E-state index contributed by atoms with van der Waals surface area (Å²) in [6, 6.07) is 5.95. The van der Waals surface area contributed by atoms with Crippen LogP contribution in [0.2, 0.25) is 0 Å². The molecule has 1 amide bonds. The van der Waals surface area contributed by atoms with E-state index in [1.807, 2.05) is 13.8 Å². The first kappa shape index (κ1) is 28.3. The van der Waals surface area contributed by atoms with Crippen LogP contribution in [0, 0.1) is 0 Å². The van der Waals surface area contributed by atoms with Crippen molar-refractivity contribution >= 4 is 38.2 Å². The fourth-order valence-electron chi connectivity index (χ4n) is 4.36. The van der Waals surface area contributed by atoms with Gasteiger partial charge in [-0.2, -0.15) is 4.31 Å². The largest absolute Gasteiger partial charge is 0.462 e. The number of benzene rings is 1. The molecule has 1 aromatic carbocycles. The van der Waals surface area contributed by atoms with Gasteiger partial charge in [-0.3, -0.25) is 9.69 Å². The summed E-state index contributed by atoms with van der Waals surface area (Å²) in [5.41, 5.74) is 1.71. The number of sulfonamides is 1. The van der Waals surface area contributed by atoms with E-state index in [0.29, 0.717) is 29.2 Å². The van der Waals surface area contributed by atoms with E-state index in [1.54, 1.807) is 6.92 Å². The quantitative estimate of drug-likeness (QED) is 0.394. The van der Waals surface area contributed by atoms with Crippen LogP contribution in [0.4, 0.5) is 5.00 Å². The van der Waals surface area contributed by atoms with Gasteiger partial charge in [0.15, 0.2) is 0 Å². The summed E-state index contributed by atoms with van der Waals surface area (Å²) in [6.45, 7) is 11.4. The van der Waals surface area contributed by atoms with Crippen LogP contribution >= 0.6 is 11.3 Å². The summed E-state index contributed by atoms with van der Waals surface area (Å²) in [7, 11) is -3.62. The monoisotopic (exact) mass is 535 g/mol. The van der Waals surface area contributed by atoms with Crippen molar-refractivity contribution in [3.63, 3.8) is 0 Å². The number of nitrogens with one attached hydrogen (secondary N) is 1. The smallest absolute Gasteiger partial charge is 0.341 e. The van der Waals surface area contributed by atoms with Gasteiger partial charge in [0.05, 0.1) is 17.1 Å². The molecule has 1 N–H and O–H groups in total. The Morgan fingerprint density at radius 1 is 1.11 bits per heavy atom. The van der Waals surface area contributed by atoms with Crippen LogP contribution in [0.3, 0.4) is 0 Å². The molecule has 0 unspecified atom stereocenters. The van der Waals surface area contributed by atoms with Gasteiger partial charge in [0.25, 0.3) is 5.91 Å². The number of ether oxygens (including phenoxy) is 1. The van der Waals surface area contributed by atoms with Gasteiger partial charge in [0, 0.05) is 36.6 Å².